The van der Waals surface area contributed by atoms with Crippen LogP contribution in [0.2, 0.25) is 0 Å². The Kier molecular flexibility index (Phi) is 24.4. The average molecular weight is 1660 g/mol. The summed E-state index contributed by atoms with van der Waals surface area (Å²) in [6, 6.07) is 51.5. The van der Waals surface area contributed by atoms with Gasteiger partial charge < -0.3 is 0 Å². The molecule has 94 heavy (non-hydrogen) atoms. The predicted octanol–water partition coefficient (Wildman–Crippen LogP) is 26.1. The minimum Gasteiger partial charge on any atom is -0.265 e. The van der Waals surface area contributed by atoms with Crippen molar-refractivity contribution in [3.63, 3.8) is 0 Å². The second-order valence-corrected chi connectivity index (χ2v) is 28.9. The van der Waals surface area contributed by atoms with Gasteiger partial charge in [0, 0.05) is 75.7 Å². The Hall–Kier alpha value is -6.22. The van der Waals surface area contributed by atoms with Crippen LogP contribution in [0, 0.1) is 90.2 Å². The van der Waals surface area contributed by atoms with Gasteiger partial charge in [-0.3, -0.25) is 9.97 Å². The van der Waals surface area contributed by atoms with E-state index in [4.69, 9.17) is 19.9 Å². The van der Waals surface area contributed by atoms with E-state index in [1.54, 1.807) is 24.8 Å². The van der Waals surface area contributed by atoms with Crippen LogP contribution in [0.1, 0.15) is 66.8 Å². The third kappa shape index (κ3) is 24.2. The normalized spacial score (nSPS) is 12.5. The topological polar surface area (TPSA) is 77.3 Å². The summed E-state index contributed by atoms with van der Waals surface area (Å²) >= 11 is 4.48. The Balaban J connectivity index is 0.000000238. The number of rotatable bonds is 4. The molecule has 0 spiro atoms. The summed E-state index contributed by atoms with van der Waals surface area (Å²) in [5.74, 6) is 0. The van der Waals surface area contributed by atoms with Crippen molar-refractivity contribution in [2.75, 3.05) is 0 Å². The van der Waals surface area contributed by atoms with Gasteiger partial charge in [0.15, 0.2) is 0 Å². The summed E-state index contributed by atoms with van der Waals surface area (Å²) in [6.07, 6.45) is 7.12. The molecule has 0 fully saturated rings. The molecule has 0 amide bonds. The second-order valence-electron chi connectivity index (χ2n) is 22.5. The number of halogens is 14. The van der Waals surface area contributed by atoms with E-state index in [2.05, 4.69) is 260 Å². The fourth-order valence-corrected chi connectivity index (χ4v) is 11.7. The molecule has 6 heterocycles. The van der Waals surface area contributed by atoms with Gasteiger partial charge in [-0.25, -0.2) is 19.9 Å². The Morgan fingerprint density at radius 2 is 0.404 bits per heavy atom. The number of fused-ring (bicyclic) bond motifs is 6. The van der Waals surface area contributed by atoms with Crippen LogP contribution in [0.3, 0.4) is 0 Å². The van der Waals surface area contributed by atoms with Crippen molar-refractivity contribution in [2.24, 2.45) is 0 Å². The molecule has 0 radical (unpaired) electrons. The first-order valence-corrected chi connectivity index (χ1v) is 34.5. The number of pyridine rings is 6. The van der Waals surface area contributed by atoms with Gasteiger partial charge in [0.1, 0.15) is 0 Å². The van der Waals surface area contributed by atoms with E-state index in [9.17, 15) is 50.4 Å². The molecule has 0 saturated heterocycles. The molecule has 0 aliphatic rings. The van der Waals surface area contributed by atoms with E-state index < -0.39 is 15.6 Å². The molecular formula is C70H64Cu2F12I2N6P2. The zero-order valence-corrected chi connectivity index (χ0v) is 60.6. The van der Waals surface area contributed by atoms with Gasteiger partial charge in [-0.05, 0) is 221 Å². The molecule has 12 rings (SSSR count). The van der Waals surface area contributed by atoms with E-state index in [1.165, 1.54) is 96.2 Å². The van der Waals surface area contributed by atoms with Gasteiger partial charge in [-0.15, -0.1) is 0 Å². The molecule has 0 saturated carbocycles. The van der Waals surface area contributed by atoms with Crippen LogP contribution in [-0.2, 0) is 34.1 Å². The van der Waals surface area contributed by atoms with Crippen LogP contribution in [0.5, 0.6) is 0 Å². The van der Waals surface area contributed by atoms with Crippen molar-refractivity contribution >= 4 is 104 Å². The number of aromatic nitrogens is 6. The van der Waals surface area contributed by atoms with Crippen LogP contribution in [0.15, 0.2) is 170 Å². The number of nitrogens with zero attached hydrogens (tertiary/aromatic N) is 6. The van der Waals surface area contributed by atoms with Crippen molar-refractivity contribution in [3.8, 4) is 45.0 Å². The maximum atomic E-state index is 9.87. The van der Waals surface area contributed by atoms with Gasteiger partial charge in [0.2, 0.25) is 0 Å². The number of benzene rings is 6. The van der Waals surface area contributed by atoms with Gasteiger partial charge in [-0.2, -0.15) is 0 Å². The smallest absolute Gasteiger partial charge is 0.265 e. The molecule has 6 nitrogen and oxygen atoms in total. The Labute approximate surface area is 586 Å². The van der Waals surface area contributed by atoms with E-state index in [-0.39, 0.29) is 34.1 Å². The number of hydrogen-bond donors (Lipinski definition) is 0. The molecule has 0 aliphatic carbocycles. The summed E-state index contributed by atoms with van der Waals surface area (Å²) in [4.78, 5) is 28.3. The van der Waals surface area contributed by atoms with Crippen molar-refractivity contribution in [3.05, 3.63) is 244 Å². The molecule has 0 bridgehead atoms. The second kappa shape index (κ2) is 29.2. The Bertz CT molecular complexity index is 4100. The third-order valence-electron chi connectivity index (χ3n) is 14.1. The van der Waals surface area contributed by atoms with Crippen LogP contribution in [0.25, 0.3) is 88.6 Å². The standard InChI is InChI=1S/2C30H28N2.2C5H4IN.2Cu.2F6P/c2*1-17-13-19(3)27(20(4)14-17)25-11-9-23-7-8-24-10-12-26(32-30(24)29(23)31-25)28-21(5)15-18(2)16-22(28)6;2*6-5-1-3-7-4-2-5;;;2*1-7(2,3,4,5)6/h2*7-16H,1-6H3;2*1-4H;;;;/q;;;;2*+1;2*-1. The monoisotopic (exact) mass is 1660 g/mol. The quantitative estimate of drug-likeness (QED) is 0.0574. The molecular weight excluding hydrogens is 1600 g/mol. The maximum absolute atomic E-state index is 10.7. The van der Waals surface area contributed by atoms with Gasteiger partial charge in [0.25, 0.3) is 0 Å². The largest absolute Gasteiger partial charge is 1.00 e. The van der Waals surface area contributed by atoms with Crippen molar-refractivity contribution in [1.29, 1.82) is 0 Å². The predicted molar refractivity (Wildman–Crippen MR) is 374 cm³/mol. The SMILES string of the molecule is Cc1cc(C)c(-c2ccc3ccc4ccc(-c5c(C)cc(C)cc5C)nc4c3n2)c(C)c1.Cc1cc(C)c(-c2ccc3ccc4ccc(-c5c(C)cc(C)cc5C)nc4c3n2)c(C)c1.F[P-](F)(F)(F)(F)F.F[P-](F)(F)(F)(F)F.Ic1ccncc1.Ic1ccncc1.[Cu+].[Cu+]. The summed E-state index contributed by atoms with van der Waals surface area (Å²) in [5, 5.41) is 4.47. The minimum absolute atomic E-state index is 0. The fourth-order valence-electron chi connectivity index (χ4n) is 11.1. The maximum Gasteiger partial charge on any atom is 1.00 e. The van der Waals surface area contributed by atoms with E-state index in [1.807, 2.05) is 24.3 Å². The van der Waals surface area contributed by atoms with Crippen LogP contribution < -0.4 is 0 Å². The zero-order chi connectivity index (χ0) is 68.2. The fraction of sp³-hybridized carbons (Fsp3) is 0.171. The first-order valence-electron chi connectivity index (χ1n) is 28.3. The summed E-state index contributed by atoms with van der Waals surface area (Å²) in [7, 11) is -21.3. The molecule has 504 valence electrons. The van der Waals surface area contributed by atoms with E-state index >= 15 is 0 Å². The first-order chi connectivity index (χ1) is 42.3. The number of aryl methyl sites for hydroxylation is 12. The van der Waals surface area contributed by atoms with Crippen molar-refractivity contribution in [2.45, 2.75) is 83.1 Å². The van der Waals surface area contributed by atoms with Crippen molar-refractivity contribution in [1.82, 2.24) is 29.9 Å². The minimum atomic E-state index is -10.7. The molecule has 0 unspecified atom stereocenters. The summed E-state index contributed by atoms with van der Waals surface area (Å²) in [5.41, 5.74) is 28.0. The summed E-state index contributed by atoms with van der Waals surface area (Å²) in [6.45, 7) is 25.9. The molecule has 6 aromatic carbocycles. The number of hydrogen-bond acceptors (Lipinski definition) is 6. The Morgan fingerprint density at radius 1 is 0.255 bits per heavy atom. The molecule has 12 aromatic rings. The average Bonchev–Trinajstić information content (AvgIpc) is 0.784. The van der Waals surface area contributed by atoms with Crippen molar-refractivity contribution < 1.29 is 84.5 Å². The Morgan fingerprint density at radius 3 is 0.543 bits per heavy atom. The summed E-state index contributed by atoms with van der Waals surface area (Å²) < 4.78 is 121. The first kappa shape index (κ1) is 78.5. The van der Waals surface area contributed by atoms with Gasteiger partial charge >= 0.3 is 100 Å². The molecule has 0 N–H and O–H groups in total. The van der Waals surface area contributed by atoms with Crippen LogP contribution in [-0.4, -0.2) is 29.9 Å². The molecule has 6 aromatic heterocycles. The molecule has 0 atom stereocenters. The zero-order valence-electron chi connectivity index (χ0n) is 52.6. The molecule has 24 heteroatoms. The van der Waals surface area contributed by atoms with E-state index in [0.717, 1.165) is 66.4 Å². The van der Waals surface area contributed by atoms with Crippen LogP contribution >= 0.6 is 60.8 Å². The molecule has 0 aliphatic heterocycles. The van der Waals surface area contributed by atoms with Gasteiger partial charge in [-0.1, -0.05) is 119 Å². The van der Waals surface area contributed by atoms with E-state index in [0.29, 0.717) is 0 Å². The van der Waals surface area contributed by atoms with Crippen LogP contribution in [0.4, 0.5) is 50.4 Å². The third-order valence-corrected chi connectivity index (χ3v) is 15.5. The van der Waals surface area contributed by atoms with Gasteiger partial charge in [0.05, 0.1) is 44.8 Å².